The third-order valence-electron chi connectivity index (χ3n) is 5.59. The molecule has 4 rings (SSSR count). The van der Waals surface area contributed by atoms with Crippen molar-refractivity contribution in [1.82, 2.24) is 20.2 Å². The minimum Gasteiger partial charge on any atom is -0.382 e. The van der Waals surface area contributed by atoms with Gasteiger partial charge in [-0.1, -0.05) is 24.3 Å². The topological polar surface area (TPSA) is 118 Å². The maximum Gasteiger partial charge on any atom is 0.325 e. The van der Waals surface area contributed by atoms with Crippen LogP contribution in [-0.2, 0) is 4.79 Å². The minimum absolute atomic E-state index is 0.149. The van der Waals surface area contributed by atoms with Crippen molar-refractivity contribution in [1.29, 1.82) is 0 Å². The molecule has 0 unspecified atom stereocenters. The number of carbonyl (C=O) groups is 3. The van der Waals surface area contributed by atoms with Crippen molar-refractivity contribution < 1.29 is 23.2 Å². The highest BCUT2D eigenvalue weighted by Crippen LogP contribution is 2.41. The van der Waals surface area contributed by atoms with Gasteiger partial charge in [0.05, 0.1) is 6.54 Å². The molecule has 1 aromatic carbocycles. The summed E-state index contributed by atoms with van der Waals surface area (Å²) in [5.41, 5.74) is 5.88. The Kier molecular flexibility index (Phi) is 4.71. The smallest absolute Gasteiger partial charge is 0.325 e. The van der Waals surface area contributed by atoms with Crippen molar-refractivity contribution in [3.8, 4) is 11.3 Å². The van der Waals surface area contributed by atoms with Crippen LogP contribution < -0.4 is 11.1 Å². The Balaban J connectivity index is 1.47. The lowest BCUT2D eigenvalue weighted by Gasteiger charge is -2.34. The molecule has 156 valence electrons. The number of nitrogens with two attached hydrogens (primary N) is 1. The molecule has 1 aromatic heterocycles. The molecule has 10 heteroatoms. The van der Waals surface area contributed by atoms with Crippen LogP contribution in [0.4, 0.5) is 19.4 Å². The average Bonchev–Trinajstić information content (AvgIpc) is 2.95. The van der Waals surface area contributed by atoms with Crippen molar-refractivity contribution >= 4 is 23.5 Å². The Morgan fingerprint density at radius 2 is 1.70 bits per heavy atom. The van der Waals surface area contributed by atoms with Crippen LogP contribution in [0.3, 0.4) is 0 Å². The molecule has 3 amide bonds. The van der Waals surface area contributed by atoms with E-state index < -0.39 is 48.6 Å². The molecule has 2 heterocycles. The summed E-state index contributed by atoms with van der Waals surface area (Å²) in [6, 6.07) is 5.64. The number of halogens is 2. The highest BCUT2D eigenvalue weighted by Gasteiger charge is 2.55. The molecule has 30 heavy (non-hydrogen) atoms. The van der Waals surface area contributed by atoms with Gasteiger partial charge in [0.25, 0.3) is 5.91 Å². The van der Waals surface area contributed by atoms with E-state index in [1.807, 2.05) is 0 Å². The summed E-state index contributed by atoms with van der Waals surface area (Å²) in [5.74, 6) is -3.66. The number of benzene rings is 1. The second kappa shape index (κ2) is 7.12. The fraction of sp³-hybridized carbons (Fsp3) is 0.350. The van der Waals surface area contributed by atoms with Gasteiger partial charge in [-0.2, -0.15) is 0 Å². The summed E-state index contributed by atoms with van der Waals surface area (Å²) in [4.78, 5) is 46.6. The standard InChI is InChI=1S/C20H19F2N5O3/c21-20(22)7-5-19(6-8-20)17(29)27(18(30)26-19)11-14(28)12-1-3-13(4-2-12)15-16(23)25-10-9-24-15/h1-4,9-10H,5-8,11H2,(H2,23,25)(H,26,30). The van der Waals surface area contributed by atoms with E-state index in [0.717, 1.165) is 4.90 Å². The Morgan fingerprint density at radius 3 is 2.33 bits per heavy atom. The quantitative estimate of drug-likeness (QED) is 0.585. The Labute approximate surface area is 170 Å². The molecule has 1 spiro atoms. The van der Waals surface area contributed by atoms with Crippen LogP contribution in [0.1, 0.15) is 36.0 Å². The van der Waals surface area contributed by atoms with Crippen LogP contribution >= 0.6 is 0 Å². The van der Waals surface area contributed by atoms with Gasteiger partial charge in [-0.05, 0) is 12.8 Å². The number of anilines is 1. The number of amides is 3. The third kappa shape index (κ3) is 3.49. The predicted molar refractivity (Wildman–Crippen MR) is 103 cm³/mol. The summed E-state index contributed by atoms with van der Waals surface area (Å²) in [6.45, 7) is -0.463. The van der Waals surface area contributed by atoms with Gasteiger partial charge in [-0.3, -0.25) is 19.5 Å². The molecular formula is C20H19F2N5O3. The lowest BCUT2D eigenvalue weighted by atomic mass is 9.80. The molecule has 0 radical (unpaired) electrons. The van der Waals surface area contributed by atoms with E-state index in [2.05, 4.69) is 15.3 Å². The first-order valence-corrected chi connectivity index (χ1v) is 9.43. The third-order valence-corrected chi connectivity index (χ3v) is 5.59. The first kappa shape index (κ1) is 19.9. The van der Waals surface area contributed by atoms with Gasteiger partial charge in [-0.15, -0.1) is 0 Å². The minimum atomic E-state index is -2.84. The molecule has 1 saturated carbocycles. The van der Waals surface area contributed by atoms with Crippen molar-refractivity contribution in [3.05, 3.63) is 42.2 Å². The van der Waals surface area contributed by atoms with Crippen LogP contribution in [0, 0.1) is 0 Å². The van der Waals surface area contributed by atoms with Gasteiger partial charge in [0.2, 0.25) is 5.92 Å². The van der Waals surface area contributed by atoms with Gasteiger partial charge in [0, 0.05) is 36.4 Å². The van der Waals surface area contributed by atoms with E-state index >= 15 is 0 Å². The Hall–Kier alpha value is -3.43. The van der Waals surface area contributed by atoms with E-state index in [9.17, 15) is 23.2 Å². The Bertz CT molecular complexity index is 1020. The monoisotopic (exact) mass is 415 g/mol. The lowest BCUT2D eigenvalue weighted by Crippen LogP contribution is -2.51. The highest BCUT2D eigenvalue weighted by molar-refractivity contribution is 6.11. The SMILES string of the molecule is Nc1nccnc1-c1ccc(C(=O)CN2C(=O)NC3(CCC(F)(F)CC3)C2=O)cc1. The molecule has 1 aliphatic carbocycles. The van der Waals surface area contributed by atoms with E-state index in [4.69, 9.17) is 5.73 Å². The van der Waals surface area contributed by atoms with E-state index in [0.29, 0.717) is 11.3 Å². The zero-order valence-corrected chi connectivity index (χ0v) is 15.9. The molecular weight excluding hydrogens is 396 g/mol. The number of Topliss-reactive ketones (excluding diaryl/α,β-unsaturated/α-hetero) is 1. The van der Waals surface area contributed by atoms with Crippen molar-refractivity contribution in [2.45, 2.75) is 37.1 Å². The number of ketones is 1. The van der Waals surface area contributed by atoms with Crippen molar-refractivity contribution in [2.75, 3.05) is 12.3 Å². The number of imide groups is 1. The van der Waals surface area contributed by atoms with Gasteiger partial charge in [0.15, 0.2) is 5.78 Å². The van der Waals surface area contributed by atoms with Crippen molar-refractivity contribution in [3.63, 3.8) is 0 Å². The van der Waals surface area contributed by atoms with E-state index in [1.54, 1.807) is 24.3 Å². The predicted octanol–water partition coefficient (Wildman–Crippen LogP) is 2.41. The average molecular weight is 415 g/mol. The maximum atomic E-state index is 13.5. The number of aromatic nitrogens is 2. The number of nitrogens with zero attached hydrogens (tertiary/aromatic N) is 3. The summed E-state index contributed by atoms with van der Waals surface area (Å²) < 4.78 is 26.9. The van der Waals surface area contributed by atoms with Crippen LogP contribution in [0.15, 0.2) is 36.7 Å². The summed E-state index contributed by atoms with van der Waals surface area (Å²) in [5, 5.41) is 2.52. The van der Waals surface area contributed by atoms with Crippen LogP contribution in [-0.4, -0.2) is 50.6 Å². The summed E-state index contributed by atoms with van der Waals surface area (Å²) in [6.07, 6.45) is 1.71. The fourth-order valence-electron chi connectivity index (χ4n) is 3.82. The number of rotatable bonds is 4. The summed E-state index contributed by atoms with van der Waals surface area (Å²) >= 11 is 0. The molecule has 1 aliphatic heterocycles. The van der Waals surface area contributed by atoms with Gasteiger partial charge >= 0.3 is 6.03 Å². The van der Waals surface area contributed by atoms with Gasteiger partial charge in [0.1, 0.15) is 17.1 Å². The Morgan fingerprint density at radius 1 is 1.07 bits per heavy atom. The number of carbonyl (C=O) groups excluding carboxylic acids is 3. The number of hydrogen-bond acceptors (Lipinski definition) is 6. The first-order chi connectivity index (χ1) is 14.2. The van der Waals surface area contributed by atoms with Crippen LogP contribution in [0.25, 0.3) is 11.3 Å². The fourth-order valence-corrected chi connectivity index (χ4v) is 3.82. The van der Waals surface area contributed by atoms with Crippen LogP contribution in [0.2, 0.25) is 0 Å². The highest BCUT2D eigenvalue weighted by atomic mass is 19.3. The number of nitrogens with one attached hydrogen (secondary N) is 1. The largest absolute Gasteiger partial charge is 0.382 e. The maximum absolute atomic E-state index is 13.5. The number of alkyl halides is 2. The number of nitrogen functional groups attached to an aromatic ring is 1. The zero-order chi connectivity index (χ0) is 21.5. The molecule has 0 bridgehead atoms. The number of hydrogen-bond donors (Lipinski definition) is 2. The molecule has 2 aromatic rings. The van der Waals surface area contributed by atoms with E-state index in [-0.39, 0.29) is 24.2 Å². The lowest BCUT2D eigenvalue weighted by molar-refractivity contribution is -0.135. The first-order valence-electron chi connectivity index (χ1n) is 9.43. The molecule has 0 atom stereocenters. The molecule has 2 aliphatic rings. The van der Waals surface area contributed by atoms with E-state index in [1.165, 1.54) is 12.4 Å². The number of urea groups is 1. The summed E-state index contributed by atoms with van der Waals surface area (Å²) in [7, 11) is 0. The second-order valence-electron chi connectivity index (χ2n) is 7.55. The molecule has 1 saturated heterocycles. The van der Waals surface area contributed by atoms with Gasteiger partial charge in [-0.25, -0.2) is 18.6 Å². The molecule has 8 nitrogen and oxygen atoms in total. The van der Waals surface area contributed by atoms with Crippen molar-refractivity contribution in [2.24, 2.45) is 0 Å². The van der Waals surface area contributed by atoms with Crippen LogP contribution in [0.5, 0.6) is 0 Å². The second-order valence-corrected chi connectivity index (χ2v) is 7.55. The molecule has 2 fully saturated rings. The zero-order valence-electron chi connectivity index (χ0n) is 15.9. The van der Waals surface area contributed by atoms with Gasteiger partial charge < -0.3 is 11.1 Å². The molecule has 3 N–H and O–H groups in total. The normalized spacial score (nSPS) is 19.7.